The van der Waals surface area contributed by atoms with Crippen molar-refractivity contribution < 1.29 is 28.8 Å². The highest BCUT2D eigenvalue weighted by molar-refractivity contribution is 4.97. The molecule has 0 saturated carbocycles. The van der Waals surface area contributed by atoms with Crippen molar-refractivity contribution in [2.75, 3.05) is 6.61 Å². The van der Waals surface area contributed by atoms with Crippen LogP contribution in [-0.4, -0.2) is 54.0 Å². The van der Waals surface area contributed by atoms with Gasteiger partial charge < -0.3 is 28.8 Å². The van der Waals surface area contributed by atoms with E-state index in [-0.39, 0.29) is 6.10 Å². The molecule has 104 valence electrons. The third kappa shape index (κ3) is 2.07. The summed E-state index contributed by atoms with van der Waals surface area (Å²) >= 11 is 0. The van der Waals surface area contributed by atoms with E-state index in [1.54, 1.807) is 13.8 Å². The summed E-state index contributed by atoms with van der Waals surface area (Å²) in [4.78, 5) is 0. The van der Waals surface area contributed by atoms with Gasteiger partial charge in [0.1, 0.15) is 24.4 Å². The largest absolute Gasteiger partial charge is 0.387 e. The molecular weight excluding hydrogens is 240 g/mol. The molecule has 5 atom stereocenters. The molecule has 3 rings (SSSR count). The average molecular weight is 260 g/mol. The molecule has 0 radical (unpaired) electrons. The van der Waals surface area contributed by atoms with E-state index in [4.69, 9.17) is 23.7 Å². The Morgan fingerprint density at radius 3 is 2.22 bits per heavy atom. The van der Waals surface area contributed by atoms with E-state index in [1.165, 1.54) is 0 Å². The topological polar surface area (TPSA) is 66.4 Å². The molecule has 0 aromatic rings. The van der Waals surface area contributed by atoms with Gasteiger partial charge in [0.2, 0.25) is 0 Å². The van der Waals surface area contributed by atoms with E-state index in [0.717, 1.165) is 0 Å². The van der Waals surface area contributed by atoms with Gasteiger partial charge in [0, 0.05) is 0 Å². The van der Waals surface area contributed by atoms with Crippen LogP contribution in [0.1, 0.15) is 27.7 Å². The molecule has 0 amide bonds. The maximum Gasteiger partial charge on any atom is 0.190 e. The Kier molecular flexibility index (Phi) is 2.75. The van der Waals surface area contributed by atoms with Crippen LogP contribution in [0.5, 0.6) is 0 Å². The molecule has 0 aliphatic carbocycles. The minimum absolute atomic E-state index is 0.295. The van der Waals surface area contributed by atoms with Gasteiger partial charge in [0.05, 0.1) is 6.61 Å². The summed E-state index contributed by atoms with van der Waals surface area (Å²) in [5.74, 6) is -1.35. The molecule has 0 aromatic heterocycles. The summed E-state index contributed by atoms with van der Waals surface area (Å²) in [6.45, 7) is 7.68. The summed E-state index contributed by atoms with van der Waals surface area (Å²) < 4.78 is 28.1. The van der Waals surface area contributed by atoms with Crippen LogP contribution in [0, 0.1) is 0 Å². The third-order valence-electron chi connectivity index (χ3n) is 3.45. The SMILES string of the molecule is CC1(C)OC2[C@H](O[C@H]([C@@H]3COC(C)(C)O3)[C@@H]2O)O1. The Labute approximate surface area is 106 Å². The zero-order valence-electron chi connectivity index (χ0n) is 11.1. The van der Waals surface area contributed by atoms with Crippen LogP contribution in [0.25, 0.3) is 0 Å². The molecular formula is C12H20O6. The Morgan fingerprint density at radius 1 is 0.944 bits per heavy atom. The summed E-state index contributed by atoms with van der Waals surface area (Å²) in [6, 6.07) is 0. The van der Waals surface area contributed by atoms with Crippen LogP contribution in [0.2, 0.25) is 0 Å². The van der Waals surface area contributed by atoms with Crippen LogP contribution in [0.4, 0.5) is 0 Å². The van der Waals surface area contributed by atoms with Gasteiger partial charge >= 0.3 is 0 Å². The Bertz CT molecular complexity index is 341. The van der Waals surface area contributed by atoms with Crippen LogP contribution in [-0.2, 0) is 23.7 Å². The number of hydrogen-bond donors (Lipinski definition) is 1. The predicted molar refractivity (Wildman–Crippen MR) is 59.6 cm³/mol. The first kappa shape index (κ1) is 12.8. The second kappa shape index (κ2) is 3.88. The number of rotatable bonds is 1. The second-order valence-electron chi connectivity index (χ2n) is 5.93. The first-order valence-corrected chi connectivity index (χ1v) is 6.28. The fourth-order valence-electron chi connectivity index (χ4n) is 2.70. The molecule has 0 spiro atoms. The van der Waals surface area contributed by atoms with Crippen molar-refractivity contribution in [2.24, 2.45) is 0 Å². The Morgan fingerprint density at radius 2 is 1.67 bits per heavy atom. The summed E-state index contributed by atoms with van der Waals surface area (Å²) in [5, 5.41) is 10.3. The van der Waals surface area contributed by atoms with Crippen molar-refractivity contribution in [1.29, 1.82) is 0 Å². The van der Waals surface area contributed by atoms with E-state index in [0.29, 0.717) is 6.61 Å². The lowest BCUT2D eigenvalue weighted by Gasteiger charge is -2.26. The van der Waals surface area contributed by atoms with Gasteiger partial charge in [0.15, 0.2) is 17.9 Å². The van der Waals surface area contributed by atoms with Crippen LogP contribution < -0.4 is 0 Å². The zero-order valence-corrected chi connectivity index (χ0v) is 11.1. The van der Waals surface area contributed by atoms with Crippen molar-refractivity contribution in [3.63, 3.8) is 0 Å². The highest BCUT2D eigenvalue weighted by atomic mass is 16.8. The van der Waals surface area contributed by atoms with E-state index >= 15 is 0 Å². The molecule has 18 heavy (non-hydrogen) atoms. The minimum Gasteiger partial charge on any atom is -0.387 e. The summed E-state index contributed by atoms with van der Waals surface area (Å²) in [5.41, 5.74) is 0. The van der Waals surface area contributed by atoms with Gasteiger partial charge in [-0.25, -0.2) is 0 Å². The summed E-state index contributed by atoms with van der Waals surface area (Å²) in [7, 11) is 0. The Balaban J connectivity index is 1.68. The lowest BCUT2D eigenvalue weighted by Crippen LogP contribution is -2.42. The normalized spacial score (nSPS) is 49.5. The minimum atomic E-state index is -0.765. The first-order chi connectivity index (χ1) is 8.27. The first-order valence-electron chi connectivity index (χ1n) is 6.28. The van der Waals surface area contributed by atoms with E-state index in [2.05, 4.69) is 0 Å². The highest BCUT2D eigenvalue weighted by Crippen LogP contribution is 2.40. The summed E-state index contributed by atoms with van der Waals surface area (Å²) in [6.07, 6.45) is -2.53. The van der Waals surface area contributed by atoms with Crippen molar-refractivity contribution in [3.05, 3.63) is 0 Å². The molecule has 3 aliphatic heterocycles. The van der Waals surface area contributed by atoms with Crippen LogP contribution in [0.15, 0.2) is 0 Å². The third-order valence-corrected chi connectivity index (χ3v) is 3.45. The lowest BCUT2D eigenvalue weighted by atomic mass is 10.1. The van der Waals surface area contributed by atoms with Gasteiger partial charge in [0.25, 0.3) is 0 Å². The molecule has 3 aliphatic rings. The molecule has 1 N–H and O–H groups in total. The monoisotopic (exact) mass is 260 g/mol. The molecule has 6 nitrogen and oxygen atoms in total. The van der Waals surface area contributed by atoms with E-state index in [9.17, 15) is 5.11 Å². The molecule has 3 heterocycles. The molecule has 3 fully saturated rings. The number of fused-ring (bicyclic) bond motifs is 1. The highest BCUT2D eigenvalue weighted by Gasteiger charge is 2.57. The molecule has 1 unspecified atom stereocenters. The smallest absolute Gasteiger partial charge is 0.190 e. The van der Waals surface area contributed by atoms with Gasteiger partial charge in [-0.15, -0.1) is 0 Å². The van der Waals surface area contributed by atoms with Gasteiger partial charge in [-0.1, -0.05) is 0 Å². The van der Waals surface area contributed by atoms with Crippen molar-refractivity contribution in [1.82, 2.24) is 0 Å². The standard InChI is InChI=1S/C12H20O6/c1-11(2)14-5-6(16-11)8-7(13)9-10(15-8)18-12(3,4)17-9/h6-10,13H,5H2,1-4H3/t6-,7-,8+,9?,10+/m0/s1. The van der Waals surface area contributed by atoms with Gasteiger partial charge in [-0.3, -0.25) is 0 Å². The predicted octanol–water partition coefficient (Wildman–Crippen LogP) is 0.375. The van der Waals surface area contributed by atoms with Crippen LogP contribution in [0.3, 0.4) is 0 Å². The van der Waals surface area contributed by atoms with E-state index in [1.807, 2.05) is 13.8 Å². The van der Waals surface area contributed by atoms with Crippen molar-refractivity contribution in [2.45, 2.75) is 70.0 Å². The maximum atomic E-state index is 10.3. The number of ether oxygens (including phenoxy) is 5. The maximum absolute atomic E-state index is 10.3. The molecule has 0 aromatic carbocycles. The van der Waals surface area contributed by atoms with Crippen molar-refractivity contribution >= 4 is 0 Å². The number of hydrogen-bond acceptors (Lipinski definition) is 6. The Hall–Kier alpha value is -0.240. The molecule has 6 heteroatoms. The van der Waals surface area contributed by atoms with Gasteiger partial charge in [-0.05, 0) is 27.7 Å². The molecule has 0 bridgehead atoms. The van der Waals surface area contributed by atoms with Crippen LogP contribution >= 0.6 is 0 Å². The number of aliphatic hydroxyl groups excluding tert-OH is 1. The fraction of sp³-hybridized carbons (Fsp3) is 1.00. The lowest BCUT2D eigenvalue weighted by molar-refractivity contribution is -0.232. The molecule has 3 saturated heterocycles. The fourth-order valence-corrected chi connectivity index (χ4v) is 2.70. The van der Waals surface area contributed by atoms with E-state index < -0.39 is 36.2 Å². The zero-order chi connectivity index (χ0) is 13.1. The average Bonchev–Trinajstić information content (AvgIpc) is 2.81. The quantitative estimate of drug-likeness (QED) is 0.735. The van der Waals surface area contributed by atoms with Crippen molar-refractivity contribution in [3.8, 4) is 0 Å². The second-order valence-corrected chi connectivity index (χ2v) is 5.93. The van der Waals surface area contributed by atoms with Gasteiger partial charge in [-0.2, -0.15) is 0 Å². The number of aliphatic hydroxyl groups is 1.